The lowest BCUT2D eigenvalue weighted by atomic mass is 10.4. The van der Waals surface area contributed by atoms with E-state index in [-0.39, 0.29) is 5.56 Å². The Morgan fingerprint density at radius 1 is 1.80 bits per heavy atom. The molecular weight excluding hydrogens is 136 g/mol. The predicted octanol–water partition coefficient (Wildman–Crippen LogP) is -0.732. The van der Waals surface area contributed by atoms with Crippen LogP contribution in [-0.2, 0) is 0 Å². The van der Waals surface area contributed by atoms with Gasteiger partial charge in [0.25, 0.3) is 0 Å². The van der Waals surface area contributed by atoms with Crippen molar-refractivity contribution < 1.29 is 9.90 Å². The molecule has 0 saturated carbocycles. The topological polar surface area (TPSA) is 83.0 Å². The van der Waals surface area contributed by atoms with Gasteiger partial charge in [-0.05, 0) is 0 Å². The van der Waals surface area contributed by atoms with Gasteiger partial charge in [-0.1, -0.05) is 0 Å². The van der Waals surface area contributed by atoms with Gasteiger partial charge in [0, 0.05) is 6.20 Å². The van der Waals surface area contributed by atoms with Gasteiger partial charge in [-0.15, -0.1) is 0 Å². The van der Waals surface area contributed by atoms with E-state index in [1.54, 1.807) is 0 Å². The smallest absolute Gasteiger partial charge is 0.345 e. The van der Waals surface area contributed by atoms with E-state index in [1.807, 2.05) is 6.20 Å². The van der Waals surface area contributed by atoms with Crippen molar-refractivity contribution in [3.63, 3.8) is 0 Å². The van der Waals surface area contributed by atoms with Crippen LogP contribution in [0.15, 0.2) is 11.0 Å². The number of hydrogen-bond acceptors (Lipinski definition) is 3. The highest BCUT2D eigenvalue weighted by atomic mass is 16.4. The molecule has 0 aliphatic carbocycles. The van der Waals surface area contributed by atoms with Gasteiger partial charge in [-0.3, -0.25) is 0 Å². The molecule has 1 radical (unpaired) electrons. The largest absolute Gasteiger partial charge is 0.478 e. The molecule has 0 atom stereocenters. The van der Waals surface area contributed by atoms with Crippen molar-refractivity contribution in [3.05, 3.63) is 28.4 Å². The number of carbonyl (C=O) groups is 1. The number of aromatic nitrogens is 2. The molecule has 0 bridgehead atoms. The zero-order chi connectivity index (χ0) is 7.56. The Labute approximate surface area is 55.4 Å². The summed E-state index contributed by atoms with van der Waals surface area (Å²) in [6.45, 7) is 0. The molecule has 51 valence electrons. The molecular formula is C5H3N2O3. The third-order valence-electron chi connectivity index (χ3n) is 0.848. The third kappa shape index (κ3) is 1.19. The van der Waals surface area contributed by atoms with Crippen LogP contribution in [0.3, 0.4) is 0 Å². The van der Waals surface area contributed by atoms with Gasteiger partial charge in [0.15, 0.2) is 0 Å². The van der Waals surface area contributed by atoms with Crippen LogP contribution in [0.1, 0.15) is 10.4 Å². The highest BCUT2D eigenvalue weighted by Gasteiger charge is 2.01. The molecule has 0 unspecified atom stereocenters. The van der Waals surface area contributed by atoms with Crippen molar-refractivity contribution in [1.82, 2.24) is 9.97 Å². The first-order valence-corrected chi connectivity index (χ1v) is 2.41. The number of aromatic amines is 1. The minimum atomic E-state index is -1.16. The highest BCUT2D eigenvalue weighted by molar-refractivity contribution is 5.86. The maximum Gasteiger partial charge on any atom is 0.345 e. The summed E-state index contributed by atoms with van der Waals surface area (Å²) in [4.78, 5) is 25.6. The summed E-state index contributed by atoms with van der Waals surface area (Å²) in [7, 11) is 0. The minimum Gasteiger partial charge on any atom is -0.478 e. The molecule has 1 heterocycles. The Morgan fingerprint density at radius 2 is 2.50 bits per heavy atom. The monoisotopic (exact) mass is 139 g/mol. The summed E-state index contributed by atoms with van der Waals surface area (Å²) in [5, 5.41) is 8.28. The molecule has 1 rings (SSSR count). The number of aromatic carboxylic acids is 1. The summed E-state index contributed by atoms with van der Waals surface area (Å²) in [5.41, 5.74) is -0.760. The lowest BCUT2D eigenvalue weighted by molar-refractivity contribution is 0.0695. The Hall–Kier alpha value is -1.65. The molecule has 0 spiro atoms. The van der Waals surface area contributed by atoms with Crippen molar-refractivity contribution in [1.29, 1.82) is 0 Å². The summed E-state index contributed by atoms with van der Waals surface area (Å²) in [6, 6.07) is 0. The number of H-pyrrole nitrogens is 1. The lowest BCUT2D eigenvalue weighted by Crippen LogP contribution is -2.11. The second-order valence-corrected chi connectivity index (χ2v) is 1.54. The molecule has 0 amide bonds. The third-order valence-corrected chi connectivity index (χ3v) is 0.848. The fraction of sp³-hybridized carbons (Fsp3) is 0. The van der Waals surface area contributed by atoms with E-state index in [1.165, 1.54) is 0 Å². The van der Waals surface area contributed by atoms with Gasteiger partial charge >= 0.3 is 11.7 Å². The maximum absolute atomic E-state index is 10.3. The van der Waals surface area contributed by atoms with Crippen LogP contribution in [0.25, 0.3) is 0 Å². The van der Waals surface area contributed by atoms with Crippen LogP contribution in [0.5, 0.6) is 0 Å². The number of carboxylic acid groups (broad SMARTS) is 1. The van der Waals surface area contributed by atoms with Crippen molar-refractivity contribution in [2.45, 2.75) is 0 Å². The Morgan fingerprint density at radius 3 is 2.90 bits per heavy atom. The van der Waals surface area contributed by atoms with Crippen LogP contribution in [0.4, 0.5) is 0 Å². The van der Waals surface area contributed by atoms with E-state index in [0.717, 1.165) is 6.20 Å². The van der Waals surface area contributed by atoms with Gasteiger partial charge < -0.3 is 10.1 Å². The van der Waals surface area contributed by atoms with Gasteiger partial charge in [-0.25, -0.2) is 9.59 Å². The van der Waals surface area contributed by atoms with E-state index < -0.39 is 11.7 Å². The molecule has 0 aliphatic rings. The maximum atomic E-state index is 10.3. The van der Waals surface area contributed by atoms with E-state index in [0.29, 0.717) is 0 Å². The fourth-order valence-corrected chi connectivity index (χ4v) is 0.419. The quantitative estimate of drug-likeness (QED) is 0.537. The average Bonchev–Trinajstić information content (AvgIpc) is 1.88. The molecule has 5 nitrogen and oxygen atoms in total. The lowest BCUT2D eigenvalue weighted by Gasteiger charge is -1.86. The van der Waals surface area contributed by atoms with Crippen molar-refractivity contribution in [2.75, 3.05) is 0 Å². The van der Waals surface area contributed by atoms with E-state index in [4.69, 9.17) is 5.11 Å². The van der Waals surface area contributed by atoms with Gasteiger partial charge in [0.1, 0.15) is 11.8 Å². The zero-order valence-electron chi connectivity index (χ0n) is 4.79. The Kier molecular flexibility index (Phi) is 1.49. The average molecular weight is 139 g/mol. The molecule has 10 heavy (non-hydrogen) atoms. The first kappa shape index (κ1) is 6.47. The summed E-state index contributed by atoms with van der Waals surface area (Å²) in [6.07, 6.45) is 3.08. The van der Waals surface area contributed by atoms with E-state index in [2.05, 4.69) is 9.97 Å². The first-order valence-electron chi connectivity index (χ1n) is 2.41. The molecule has 0 aromatic carbocycles. The van der Waals surface area contributed by atoms with E-state index in [9.17, 15) is 9.59 Å². The normalized spacial score (nSPS) is 9.20. The van der Waals surface area contributed by atoms with Crippen molar-refractivity contribution in [3.8, 4) is 0 Å². The first-order chi connectivity index (χ1) is 4.70. The van der Waals surface area contributed by atoms with Gasteiger partial charge in [-0.2, -0.15) is 4.98 Å². The molecule has 1 aromatic heterocycles. The zero-order valence-corrected chi connectivity index (χ0v) is 4.79. The molecule has 0 fully saturated rings. The number of rotatable bonds is 1. The summed E-state index contributed by atoms with van der Waals surface area (Å²) >= 11 is 0. The molecule has 0 saturated heterocycles. The van der Waals surface area contributed by atoms with Crippen LogP contribution in [0.2, 0.25) is 0 Å². The molecule has 5 heteroatoms. The Bertz CT molecular complexity index is 284. The van der Waals surface area contributed by atoms with Crippen LogP contribution in [-0.4, -0.2) is 21.0 Å². The summed E-state index contributed by atoms with van der Waals surface area (Å²) < 4.78 is 0. The number of carboxylic acids is 1. The summed E-state index contributed by atoms with van der Waals surface area (Å²) in [5.74, 6) is -1.16. The molecule has 2 N–H and O–H groups in total. The van der Waals surface area contributed by atoms with Crippen molar-refractivity contribution in [2.24, 2.45) is 0 Å². The number of hydrogen-bond donors (Lipinski definition) is 2. The molecule has 1 aromatic rings. The molecule has 0 aliphatic heterocycles. The van der Waals surface area contributed by atoms with E-state index >= 15 is 0 Å². The minimum absolute atomic E-state index is 0.153. The second-order valence-electron chi connectivity index (χ2n) is 1.54. The van der Waals surface area contributed by atoms with Crippen LogP contribution in [0, 0.1) is 6.20 Å². The van der Waals surface area contributed by atoms with Gasteiger partial charge in [0.2, 0.25) is 0 Å². The fourth-order valence-electron chi connectivity index (χ4n) is 0.419. The van der Waals surface area contributed by atoms with Gasteiger partial charge in [0.05, 0.1) is 0 Å². The van der Waals surface area contributed by atoms with Crippen molar-refractivity contribution >= 4 is 5.97 Å². The van der Waals surface area contributed by atoms with Crippen LogP contribution < -0.4 is 5.69 Å². The number of nitrogens with zero attached hydrogens (tertiary/aromatic N) is 1. The SMILES string of the molecule is O=C(O)c1[c]nc(=O)[nH]c1. The Balaban J connectivity index is 3.12. The predicted molar refractivity (Wildman–Crippen MR) is 30.7 cm³/mol. The second kappa shape index (κ2) is 2.30. The number of nitrogens with one attached hydrogen (secondary N) is 1. The standard InChI is InChI=1S/C5H3N2O3/c8-4(9)3-1-6-5(10)7-2-3/h1H,(H,8,9)(H,6,7,10). The highest BCUT2D eigenvalue weighted by Crippen LogP contribution is 1.86. The van der Waals surface area contributed by atoms with Crippen LogP contribution >= 0.6 is 0 Å².